The Hall–Kier alpha value is -1.08. The van der Waals surface area contributed by atoms with Gasteiger partial charge < -0.3 is 0 Å². The molecule has 0 nitrogen and oxygen atoms in total. The van der Waals surface area contributed by atoms with E-state index in [0.29, 0.717) is 10.7 Å². The third-order valence-corrected chi connectivity index (χ3v) is 5.18. The number of halogens is 1. The van der Waals surface area contributed by atoms with Crippen LogP contribution in [-0.4, -0.2) is 0 Å². The summed E-state index contributed by atoms with van der Waals surface area (Å²) in [7, 11) is 0. The molecule has 0 N–H and O–H groups in total. The first-order chi connectivity index (χ1) is 9.08. The van der Waals surface area contributed by atoms with Crippen LogP contribution in [0.1, 0.15) is 34.0 Å². The third kappa shape index (κ3) is 3.70. The van der Waals surface area contributed by atoms with Gasteiger partial charge in [-0.1, -0.05) is 71.4 Å². The van der Waals surface area contributed by atoms with Gasteiger partial charge in [-0.3, -0.25) is 0 Å². The predicted octanol–water partition coefficient (Wildman–Crippen LogP) is 5.62. The number of rotatable bonds is 4. The van der Waals surface area contributed by atoms with Crippen molar-refractivity contribution >= 4 is 15.9 Å². The molecule has 0 aliphatic carbocycles. The highest BCUT2D eigenvalue weighted by Crippen LogP contribution is 2.33. The van der Waals surface area contributed by atoms with Gasteiger partial charge in [-0.25, -0.2) is 0 Å². The topological polar surface area (TPSA) is 0 Å². The maximum atomic E-state index is 3.84. The first-order valence-corrected chi connectivity index (χ1v) is 7.74. The van der Waals surface area contributed by atoms with E-state index in [1.165, 1.54) is 22.3 Å². The van der Waals surface area contributed by atoms with Gasteiger partial charge >= 0.3 is 0 Å². The highest BCUT2D eigenvalue weighted by molar-refractivity contribution is 9.09. The lowest BCUT2D eigenvalue weighted by molar-refractivity contribution is 0.572. The van der Waals surface area contributed by atoms with Gasteiger partial charge in [0.25, 0.3) is 0 Å². The van der Waals surface area contributed by atoms with Crippen LogP contribution in [0.3, 0.4) is 0 Å². The van der Waals surface area contributed by atoms with Crippen molar-refractivity contribution in [2.45, 2.75) is 32.0 Å². The molecule has 0 amide bonds. The lowest BCUT2D eigenvalue weighted by Gasteiger charge is -2.19. The molecule has 0 fully saturated rings. The molecule has 2 atom stereocenters. The average Bonchev–Trinajstić information content (AvgIpc) is 2.43. The van der Waals surface area contributed by atoms with Crippen LogP contribution in [0.4, 0.5) is 0 Å². The summed E-state index contributed by atoms with van der Waals surface area (Å²) in [4.78, 5) is 0.412. The number of benzene rings is 2. The van der Waals surface area contributed by atoms with Gasteiger partial charge in [0.05, 0.1) is 0 Å². The zero-order valence-electron chi connectivity index (χ0n) is 11.9. The lowest BCUT2D eigenvalue weighted by atomic mass is 9.93. The average molecular weight is 317 g/mol. The first kappa shape index (κ1) is 14.3. The van der Waals surface area contributed by atoms with Crippen LogP contribution < -0.4 is 0 Å². The van der Waals surface area contributed by atoms with Crippen molar-refractivity contribution in [2.75, 3.05) is 0 Å². The van der Waals surface area contributed by atoms with Gasteiger partial charge in [0, 0.05) is 4.83 Å². The molecule has 0 heterocycles. The van der Waals surface area contributed by atoms with Crippen LogP contribution in [0.25, 0.3) is 0 Å². The second-order valence-electron chi connectivity index (χ2n) is 5.41. The number of hydrogen-bond donors (Lipinski definition) is 0. The van der Waals surface area contributed by atoms with Crippen LogP contribution >= 0.6 is 15.9 Å². The molecule has 2 rings (SSSR count). The Bertz CT molecular complexity index is 531. The van der Waals surface area contributed by atoms with Gasteiger partial charge in [-0.2, -0.15) is 0 Å². The van der Waals surface area contributed by atoms with E-state index in [-0.39, 0.29) is 0 Å². The predicted molar refractivity (Wildman–Crippen MR) is 86.9 cm³/mol. The molecule has 2 unspecified atom stereocenters. The van der Waals surface area contributed by atoms with Crippen molar-refractivity contribution in [3.8, 4) is 0 Å². The minimum atomic E-state index is 0.412. The quantitative estimate of drug-likeness (QED) is 0.642. The molecule has 1 heteroatoms. The Morgan fingerprint density at radius 2 is 1.63 bits per heavy atom. The Labute approximate surface area is 125 Å². The summed E-state index contributed by atoms with van der Waals surface area (Å²) >= 11 is 3.84. The highest BCUT2D eigenvalue weighted by Gasteiger charge is 2.16. The molecule has 0 spiro atoms. The molecular weight excluding hydrogens is 296 g/mol. The maximum Gasteiger partial charge on any atom is 0.0424 e. The Morgan fingerprint density at radius 3 is 2.26 bits per heavy atom. The minimum absolute atomic E-state index is 0.412. The Balaban J connectivity index is 2.08. The summed E-state index contributed by atoms with van der Waals surface area (Å²) in [6, 6.07) is 17.5. The van der Waals surface area contributed by atoms with E-state index in [4.69, 9.17) is 0 Å². The fraction of sp³-hybridized carbons (Fsp3) is 0.333. The van der Waals surface area contributed by atoms with Crippen molar-refractivity contribution in [2.24, 2.45) is 5.92 Å². The summed E-state index contributed by atoms with van der Waals surface area (Å²) in [6.45, 7) is 6.66. The second kappa shape index (κ2) is 6.38. The van der Waals surface area contributed by atoms with E-state index in [2.05, 4.69) is 85.2 Å². The van der Waals surface area contributed by atoms with Crippen molar-refractivity contribution in [1.29, 1.82) is 0 Å². The molecule has 0 aliphatic rings. The van der Waals surface area contributed by atoms with E-state index in [1.54, 1.807) is 0 Å². The molecule has 0 saturated heterocycles. The lowest BCUT2D eigenvalue weighted by Crippen LogP contribution is -2.07. The Morgan fingerprint density at radius 1 is 0.947 bits per heavy atom. The van der Waals surface area contributed by atoms with Gasteiger partial charge in [0.2, 0.25) is 0 Å². The normalized spacial score (nSPS) is 14.1. The number of alkyl halides is 1. The zero-order chi connectivity index (χ0) is 13.8. The smallest absolute Gasteiger partial charge is 0.0424 e. The largest absolute Gasteiger partial charge is 0.0836 e. The van der Waals surface area contributed by atoms with Crippen molar-refractivity contribution in [3.05, 3.63) is 70.8 Å². The summed E-state index contributed by atoms with van der Waals surface area (Å²) in [5, 5.41) is 0. The van der Waals surface area contributed by atoms with E-state index < -0.39 is 0 Å². The van der Waals surface area contributed by atoms with Crippen LogP contribution in [0.5, 0.6) is 0 Å². The monoisotopic (exact) mass is 316 g/mol. The third-order valence-electron chi connectivity index (χ3n) is 3.75. The molecule has 0 aliphatic heterocycles. The molecule has 100 valence electrons. The second-order valence-corrected chi connectivity index (χ2v) is 6.40. The fourth-order valence-electron chi connectivity index (χ4n) is 2.37. The molecule has 0 saturated carbocycles. The van der Waals surface area contributed by atoms with E-state index in [1.807, 2.05) is 0 Å². The molecular formula is C18H21Br. The molecule has 2 aromatic rings. The summed E-state index contributed by atoms with van der Waals surface area (Å²) in [6.07, 6.45) is 1.10. The van der Waals surface area contributed by atoms with Gasteiger partial charge in [-0.05, 0) is 48.4 Å². The molecule has 0 aromatic heterocycles. The fourth-order valence-corrected chi connectivity index (χ4v) is 2.86. The standard InChI is InChI=1S/C18H21Br/c1-13-9-10-16(11-14(13)2)12-15(3)18(19)17-7-5-4-6-8-17/h4-11,15,18H,12H2,1-3H3. The van der Waals surface area contributed by atoms with Crippen LogP contribution in [0.2, 0.25) is 0 Å². The van der Waals surface area contributed by atoms with Gasteiger partial charge in [0.1, 0.15) is 0 Å². The zero-order valence-corrected chi connectivity index (χ0v) is 13.4. The molecule has 2 aromatic carbocycles. The van der Waals surface area contributed by atoms with Crippen LogP contribution in [0.15, 0.2) is 48.5 Å². The molecule has 19 heavy (non-hydrogen) atoms. The van der Waals surface area contributed by atoms with Gasteiger partial charge in [-0.15, -0.1) is 0 Å². The van der Waals surface area contributed by atoms with Crippen molar-refractivity contribution in [3.63, 3.8) is 0 Å². The van der Waals surface area contributed by atoms with Crippen molar-refractivity contribution in [1.82, 2.24) is 0 Å². The SMILES string of the molecule is Cc1ccc(CC(C)C(Br)c2ccccc2)cc1C. The minimum Gasteiger partial charge on any atom is -0.0836 e. The summed E-state index contributed by atoms with van der Waals surface area (Å²) < 4.78 is 0. The first-order valence-electron chi connectivity index (χ1n) is 6.83. The summed E-state index contributed by atoms with van der Waals surface area (Å²) in [5.41, 5.74) is 5.54. The molecule has 0 radical (unpaired) electrons. The highest BCUT2D eigenvalue weighted by atomic mass is 79.9. The summed E-state index contributed by atoms with van der Waals surface area (Å²) in [5.74, 6) is 0.574. The molecule has 0 bridgehead atoms. The number of aryl methyl sites for hydroxylation is 2. The van der Waals surface area contributed by atoms with E-state index in [0.717, 1.165) is 6.42 Å². The van der Waals surface area contributed by atoms with Gasteiger partial charge in [0.15, 0.2) is 0 Å². The van der Waals surface area contributed by atoms with E-state index in [9.17, 15) is 0 Å². The maximum absolute atomic E-state index is 3.84. The number of hydrogen-bond acceptors (Lipinski definition) is 0. The van der Waals surface area contributed by atoms with Crippen LogP contribution in [0, 0.1) is 19.8 Å². The van der Waals surface area contributed by atoms with Crippen molar-refractivity contribution < 1.29 is 0 Å². The van der Waals surface area contributed by atoms with E-state index >= 15 is 0 Å². The van der Waals surface area contributed by atoms with Crippen LogP contribution in [-0.2, 0) is 6.42 Å². The Kier molecular flexibility index (Phi) is 4.81.